The Hall–Kier alpha value is -1.46. The van der Waals surface area contributed by atoms with Crippen LogP contribution < -0.4 is 11.1 Å². The van der Waals surface area contributed by atoms with E-state index in [-0.39, 0.29) is 17.6 Å². The Balaban J connectivity index is 1.96. The first-order valence-corrected chi connectivity index (χ1v) is 7.13. The van der Waals surface area contributed by atoms with Gasteiger partial charge in [0.1, 0.15) is 4.99 Å². The molecular weight excluding hydrogens is 272 g/mol. The van der Waals surface area contributed by atoms with Crippen LogP contribution in [0.5, 0.6) is 0 Å². The molecule has 0 bridgehead atoms. The molecule has 1 aromatic carbocycles. The van der Waals surface area contributed by atoms with Crippen molar-refractivity contribution >= 4 is 23.1 Å². The fraction of sp³-hybridized carbons (Fsp3) is 0.467. The van der Waals surface area contributed by atoms with Gasteiger partial charge in [-0.05, 0) is 25.8 Å². The van der Waals surface area contributed by atoms with Crippen LogP contribution in [0.2, 0.25) is 0 Å². The van der Waals surface area contributed by atoms with Crippen LogP contribution in [0.4, 0.5) is 0 Å². The van der Waals surface area contributed by atoms with Crippen molar-refractivity contribution in [1.29, 1.82) is 0 Å². The summed E-state index contributed by atoms with van der Waals surface area (Å²) >= 11 is 4.90. The molecule has 1 fully saturated rings. The number of thiocarbonyl (C=S) groups is 1. The zero-order chi connectivity index (χ0) is 14.8. The first kappa shape index (κ1) is 14.9. The molecule has 2 rings (SSSR count). The normalized spacial score (nSPS) is 25.4. The number of hydrogen-bond acceptors (Lipinski definition) is 3. The fourth-order valence-corrected chi connectivity index (χ4v) is 2.47. The summed E-state index contributed by atoms with van der Waals surface area (Å²) in [6, 6.07) is 7.44. The molecule has 1 amide bonds. The molecule has 4 nitrogen and oxygen atoms in total. The highest BCUT2D eigenvalue weighted by atomic mass is 32.1. The van der Waals surface area contributed by atoms with Gasteiger partial charge in [0, 0.05) is 12.2 Å². The zero-order valence-corrected chi connectivity index (χ0v) is 12.6. The number of nitrogens with one attached hydrogen (secondary N) is 1. The number of hydrogen-bond donors (Lipinski definition) is 2. The van der Waals surface area contributed by atoms with Gasteiger partial charge in [0.05, 0.1) is 18.1 Å². The maximum Gasteiger partial charge on any atom is 0.224 e. The number of carbonyl (C=O) groups is 1. The van der Waals surface area contributed by atoms with Gasteiger partial charge in [0.2, 0.25) is 5.91 Å². The Morgan fingerprint density at radius 1 is 1.50 bits per heavy atom. The second kappa shape index (κ2) is 5.89. The molecule has 2 unspecified atom stereocenters. The molecule has 0 aliphatic carbocycles. The highest BCUT2D eigenvalue weighted by Gasteiger charge is 2.38. The summed E-state index contributed by atoms with van der Waals surface area (Å²) in [7, 11) is 0. The summed E-state index contributed by atoms with van der Waals surface area (Å²) < 4.78 is 5.52. The highest BCUT2D eigenvalue weighted by molar-refractivity contribution is 7.80. The lowest BCUT2D eigenvalue weighted by Gasteiger charge is -2.28. The van der Waals surface area contributed by atoms with Gasteiger partial charge in [-0.2, -0.15) is 0 Å². The zero-order valence-electron chi connectivity index (χ0n) is 11.8. The average molecular weight is 292 g/mol. The molecule has 1 aliphatic rings. The van der Waals surface area contributed by atoms with E-state index in [0.717, 1.165) is 17.5 Å². The van der Waals surface area contributed by atoms with E-state index in [1.54, 1.807) is 0 Å². The Labute approximate surface area is 124 Å². The number of carbonyl (C=O) groups excluding carboxylic acids is 1. The lowest BCUT2D eigenvalue weighted by Crippen LogP contribution is -2.51. The molecule has 0 radical (unpaired) electrons. The standard InChI is InChI=1S/C15H20N2O2S/c1-10-15(2,7-8-19-10)17-13(18)9-11-3-5-12(6-4-11)14(16)20/h3-6,10H,7-9H2,1-2H3,(H2,16,20)(H,17,18). The summed E-state index contributed by atoms with van der Waals surface area (Å²) in [6.07, 6.45) is 1.24. The molecule has 20 heavy (non-hydrogen) atoms. The van der Waals surface area contributed by atoms with E-state index in [1.165, 1.54) is 0 Å². The van der Waals surface area contributed by atoms with Gasteiger partial charge in [-0.25, -0.2) is 0 Å². The van der Waals surface area contributed by atoms with Crippen molar-refractivity contribution in [2.24, 2.45) is 5.73 Å². The van der Waals surface area contributed by atoms with Crippen LogP contribution in [-0.2, 0) is 16.0 Å². The van der Waals surface area contributed by atoms with Crippen LogP contribution >= 0.6 is 12.2 Å². The van der Waals surface area contributed by atoms with E-state index in [4.69, 9.17) is 22.7 Å². The van der Waals surface area contributed by atoms with Gasteiger partial charge in [0.15, 0.2) is 0 Å². The van der Waals surface area contributed by atoms with Crippen molar-refractivity contribution in [3.05, 3.63) is 35.4 Å². The third-order valence-electron chi connectivity index (χ3n) is 3.91. The quantitative estimate of drug-likeness (QED) is 0.826. The third kappa shape index (κ3) is 3.35. The monoisotopic (exact) mass is 292 g/mol. The van der Waals surface area contributed by atoms with Crippen LogP contribution in [0.3, 0.4) is 0 Å². The number of ether oxygens (including phenoxy) is 1. The van der Waals surface area contributed by atoms with E-state index >= 15 is 0 Å². The first-order chi connectivity index (χ1) is 9.40. The molecular formula is C15H20N2O2S. The van der Waals surface area contributed by atoms with E-state index in [1.807, 2.05) is 38.1 Å². The van der Waals surface area contributed by atoms with E-state index in [2.05, 4.69) is 5.32 Å². The Morgan fingerprint density at radius 2 is 2.15 bits per heavy atom. The molecule has 3 N–H and O–H groups in total. The van der Waals surface area contributed by atoms with Crippen molar-refractivity contribution in [3.63, 3.8) is 0 Å². The Bertz CT molecular complexity index is 515. The molecule has 0 saturated carbocycles. The smallest absolute Gasteiger partial charge is 0.224 e. The van der Waals surface area contributed by atoms with E-state index in [9.17, 15) is 4.79 Å². The van der Waals surface area contributed by atoms with Crippen LogP contribution in [0.25, 0.3) is 0 Å². The van der Waals surface area contributed by atoms with Crippen molar-refractivity contribution in [2.45, 2.75) is 38.3 Å². The molecule has 1 saturated heterocycles. The largest absolute Gasteiger partial charge is 0.389 e. The minimum Gasteiger partial charge on any atom is -0.389 e. The van der Waals surface area contributed by atoms with Crippen molar-refractivity contribution < 1.29 is 9.53 Å². The van der Waals surface area contributed by atoms with Crippen molar-refractivity contribution in [1.82, 2.24) is 5.32 Å². The van der Waals surface area contributed by atoms with Gasteiger partial charge in [-0.1, -0.05) is 36.5 Å². The number of benzene rings is 1. The Morgan fingerprint density at radius 3 is 2.65 bits per heavy atom. The maximum absolute atomic E-state index is 12.1. The van der Waals surface area contributed by atoms with Crippen LogP contribution in [0, 0.1) is 0 Å². The summed E-state index contributed by atoms with van der Waals surface area (Å²) in [5.74, 6) is 0.00734. The second-order valence-corrected chi connectivity index (χ2v) is 5.91. The SMILES string of the molecule is CC1OCCC1(C)NC(=O)Cc1ccc(C(N)=S)cc1. The molecule has 2 atom stereocenters. The van der Waals surface area contributed by atoms with E-state index in [0.29, 0.717) is 18.0 Å². The number of nitrogens with two attached hydrogens (primary N) is 1. The van der Waals surface area contributed by atoms with Crippen LogP contribution in [-0.4, -0.2) is 29.1 Å². The fourth-order valence-electron chi connectivity index (χ4n) is 2.33. The molecule has 0 aromatic heterocycles. The number of amides is 1. The van der Waals surface area contributed by atoms with Crippen LogP contribution in [0.15, 0.2) is 24.3 Å². The topological polar surface area (TPSA) is 64.3 Å². The molecule has 1 aromatic rings. The summed E-state index contributed by atoms with van der Waals surface area (Å²) in [4.78, 5) is 12.5. The molecule has 1 heterocycles. The average Bonchev–Trinajstić information content (AvgIpc) is 2.69. The first-order valence-electron chi connectivity index (χ1n) is 6.72. The van der Waals surface area contributed by atoms with Crippen molar-refractivity contribution in [2.75, 3.05) is 6.61 Å². The van der Waals surface area contributed by atoms with Gasteiger partial charge in [0.25, 0.3) is 0 Å². The highest BCUT2D eigenvalue weighted by Crippen LogP contribution is 2.25. The lowest BCUT2D eigenvalue weighted by atomic mass is 9.94. The predicted molar refractivity (Wildman–Crippen MR) is 82.6 cm³/mol. The van der Waals surface area contributed by atoms with E-state index < -0.39 is 0 Å². The molecule has 1 aliphatic heterocycles. The molecule has 5 heteroatoms. The molecule has 108 valence electrons. The lowest BCUT2D eigenvalue weighted by molar-refractivity contribution is -0.122. The minimum atomic E-state index is -0.268. The predicted octanol–water partition coefficient (Wildman–Crippen LogP) is 1.55. The van der Waals surface area contributed by atoms with Gasteiger partial charge in [-0.3, -0.25) is 4.79 Å². The Kier molecular flexibility index (Phi) is 4.40. The summed E-state index contributed by atoms with van der Waals surface area (Å²) in [5.41, 5.74) is 7.03. The van der Waals surface area contributed by atoms with Gasteiger partial charge in [-0.15, -0.1) is 0 Å². The minimum absolute atomic E-state index is 0.00734. The second-order valence-electron chi connectivity index (χ2n) is 5.47. The van der Waals surface area contributed by atoms with Gasteiger partial charge >= 0.3 is 0 Å². The number of rotatable bonds is 4. The van der Waals surface area contributed by atoms with Crippen LogP contribution in [0.1, 0.15) is 31.4 Å². The van der Waals surface area contributed by atoms with Crippen molar-refractivity contribution in [3.8, 4) is 0 Å². The summed E-state index contributed by atoms with van der Waals surface area (Å²) in [6.45, 7) is 4.71. The summed E-state index contributed by atoms with van der Waals surface area (Å²) in [5, 5.41) is 3.08. The molecule has 0 spiro atoms. The third-order valence-corrected chi connectivity index (χ3v) is 4.15. The maximum atomic E-state index is 12.1. The van der Waals surface area contributed by atoms with Gasteiger partial charge < -0.3 is 15.8 Å².